The highest BCUT2D eigenvalue weighted by Gasteiger charge is 2.49. The molecule has 0 unspecified atom stereocenters. The molecular formula is C26H33F3NO4P. The summed E-state index contributed by atoms with van der Waals surface area (Å²) in [6, 6.07) is 14.7. The minimum atomic E-state index is -4.52. The van der Waals surface area contributed by atoms with Crippen LogP contribution in [0.4, 0.5) is 13.2 Å². The molecule has 0 bridgehead atoms. The summed E-state index contributed by atoms with van der Waals surface area (Å²) in [4.78, 5) is 13.5. The zero-order valence-electron chi connectivity index (χ0n) is 20.2. The summed E-state index contributed by atoms with van der Waals surface area (Å²) in [6.45, 7) is 3.09. The maximum Gasteiger partial charge on any atom is 0.405 e. The Morgan fingerprint density at radius 2 is 1.43 bits per heavy atom. The highest BCUT2D eigenvalue weighted by atomic mass is 31.2. The van der Waals surface area contributed by atoms with Crippen molar-refractivity contribution in [3.8, 4) is 11.1 Å². The number of amides is 1. The van der Waals surface area contributed by atoms with Crippen molar-refractivity contribution in [3.63, 3.8) is 0 Å². The number of rotatable bonds is 13. The highest BCUT2D eigenvalue weighted by molar-refractivity contribution is 7.53. The van der Waals surface area contributed by atoms with Crippen molar-refractivity contribution in [2.24, 2.45) is 0 Å². The van der Waals surface area contributed by atoms with E-state index >= 15 is 0 Å². The third kappa shape index (κ3) is 6.35. The van der Waals surface area contributed by atoms with Crippen LogP contribution < -0.4 is 5.32 Å². The van der Waals surface area contributed by atoms with E-state index in [1.165, 1.54) is 0 Å². The fourth-order valence-corrected chi connectivity index (χ4v) is 6.47. The van der Waals surface area contributed by atoms with Gasteiger partial charge in [0.25, 0.3) is 0 Å². The molecule has 0 aliphatic heterocycles. The van der Waals surface area contributed by atoms with Gasteiger partial charge in [0, 0.05) is 0 Å². The van der Waals surface area contributed by atoms with Crippen molar-refractivity contribution in [2.75, 3.05) is 25.9 Å². The molecule has 35 heavy (non-hydrogen) atoms. The summed E-state index contributed by atoms with van der Waals surface area (Å²) in [5, 5.41) is 2.13. The lowest BCUT2D eigenvalue weighted by molar-refractivity contribution is -0.141. The van der Waals surface area contributed by atoms with Gasteiger partial charge in [-0.3, -0.25) is 9.36 Å². The van der Waals surface area contributed by atoms with Crippen molar-refractivity contribution in [1.29, 1.82) is 0 Å². The Kier molecular flexibility index (Phi) is 9.19. The summed E-state index contributed by atoms with van der Waals surface area (Å²) in [5.74, 6) is -0.681. The first-order valence-electron chi connectivity index (χ1n) is 12.1. The molecular weight excluding hydrogens is 478 g/mol. The molecule has 2 aromatic rings. The molecule has 2 aromatic carbocycles. The van der Waals surface area contributed by atoms with Crippen molar-refractivity contribution in [2.45, 2.75) is 57.5 Å². The zero-order valence-corrected chi connectivity index (χ0v) is 21.1. The lowest BCUT2D eigenvalue weighted by Crippen LogP contribution is -2.47. The van der Waals surface area contributed by atoms with E-state index in [1.807, 2.05) is 50.2 Å². The molecule has 0 atom stereocenters. The van der Waals surface area contributed by atoms with Crippen LogP contribution >= 0.6 is 7.60 Å². The maximum absolute atomic E-state index is 13.5. The molecule has 0 spiro atoms. The Hall–Kier alpha value is -2.15. The van der Waals surface area contributed by atoms with Gasteiger partial charge < -0.3 is 14.4 Å². The van der Waals surface area contributed by atoms with Crippen LogP contribution in [-0.4, -0.2) is 38.0 Å². The van der Waals surface area contributed by atoms with Crippen LogP contribution in [0.2, 0.25) is 0 Å². The summed E-state index contributed by atoms with van der Waals surface area (Å²) in [5.41, 5.74) is 1.79. The monoisotopic (exact) mass is 511 g/mol. The smallest absolute Gasteiger partial charge is 0.346 e. The minimum Gasteiger partial charge on any atom is -0.346 e. The molecule has 1 amide bonds. The number of carbonyl (C=O) groups is 1. The third-order valence-corrected chi connectivity index (χ3v) is 8.13. The summed E-state index contributed by atoms with van der Waals surface area (Å²) < 4.78 is 63.1. The van der Waals surface area contributed by atoms with Crippen molar-refractivity contribution < 1.29 is 31.6 Å². The van der Waals surface area contributed by atoms with Crippen LogP contribution in [0.1, 0.15) is 57.1 Å². The first-order valence-corrected chi connectivity index (χ1v) is 13.8. The van der Waals surface area contributed by atoms with Gasteiger partial charge in [-0.2, -0.15) is 13.2 Å². The second-order valence-corrected chi connectivity index (χ2v) is 10.9. The van der Waals surface area contributed by atoms with E-state index < -0.39 is 31.6 Å². The first-order chi connectivity index (χ1) is 16.7. The average Bonchev–Trinajstić information content (AvgIpc) is 3.13. The number of carbonyl (C=O) groups excluding carboxylic acids is 1. The van der Waals surface area contributed by atoms with Gasteiger partial charge in [0.1, 0.15) is 12.0 Å². The van der Waals surface area contributed by atoms with Gasteiger partial charge >= 0.3 is 13.8 Å². The fourth-order valence-electron chi connectivity index (χ4n) is 4.61. The van der Waals surface area contributed by atoms with E-state index in [0.29, 0.717) is 50.0 Å². The standard InChI is InChI=1S/C26H33F3NO4P/c1-3-16-33-35(32,34-17-4-2)18-10-9-15-25(24(31)30-19-26(27,28)29)22-13-7-5-11-20(22)21-12-6-8-14-23(21)25/h5-8,11-14H,3-4,9-10,15-19H2,1-2H3,(H,30,31). The number of nitrogens with one attached hydrogen (secondary N) is 1. The van der Waals surface area contributed by atoms with Crippen LogP contribution in [0.15, 0.2) is 48.5 Å². The predicted molar refractivity (Wildman–Crippen MR) is 131 cm³/mol. The van der Waals surface area contributed by atoms with Gasteiger partial charge in [-0.05, 0) is 47.9 Å². The molecule has 9 heteroatoms. The summed E-state index contributed by atoms with van der Waals surface area (Å²) in [6.07, 6.45) is -1.75. The Balaban J connectivity index is 1.87. The fraction of sp³-hybridized carbons (Fsp3) is 0.500. The Morgan fingerprint density at radius 1 is 0.914 bits per heavy atom. The van der Waals surface area contributed by atoms with E-state index in [-0.39, 0.29) is 12.6 Å². The lowest BCUT2D eigenvalue weighted by Gasteiger charge is -2.31. The van der Waals surface area contributed by atoms with E-state index in [9.17, 15) is 22.5 Å². The highest BCUT2D eigenvalue weighted by Crippen LogP contribution is 2.53. The van der Waals surface area contributed by atoms with Gasteiger partial charge in [-0.1, -0.05) is 68.8 Å². The number of benzene rings is 2. The number of halogens is 3. The zero-order chi connectivity index (χ0) is 25.5. The lowest BCUT2D eigenvalue weighted by atomic mass is 9.73. The first kappa shape index (κ1) is 27.4. The largest absolute Gasteiger partial charge is 0.405 e. The van der Waals surface area contributed by atoms with Crippen LogP contribution in [0.5, 0.6) is 0 Å². The topological polar surface area (TPSA) is 64.6 Å². The molecule has 0 aromatic heterocycles. The van der Waals surface area contributed by atoms with Crippen molar-refractivity contribution in [3.05, 3.63) is 59.7 Å². The predicted octanol–water partition coefficient (Wildman–Crippen LogP) is 6.85. The number of alkyl halides is 3. The van der Waals surface area contributed by atoms with E-state index in [0.717, 1.165) is 11.1 Å². The molecule has 1 aliphatic carbocycles. The van der Waals surface area contributed by atoms with Gasteiger partial charge in [0.05, 0.1) is 19.4 Å². The van der Waals surface area contributed by atoms with Crippen LogP contribution in [-0.2, 0) is 23.8 Å². The molecule has 192 valence electrons. The van der Waals surface area contributed by atoms with Gasteiger partial charge in [-0.25, -0.2) is 0 Å². The van der Waals surface area contributed by atoms with Gasteiger partial charge in [0.15, 0.2) is 0 Å². The molecule has 0 heterocycles. The number of hydrogen-bond donors (Lipinski definition) is 1. The van der Waals surface area contributed by atoms with E-state index in [2.05, 4.69) is 5.32 Å². The second-order valence-electron chi connectivity index (χ2n) is 8.75. The maximum atomic E-state index is 13.5. The van der Waals surface area contributed by atoms with Crippen molar-refractivity contribution in [1.82, 2.24) is 5.32 Å². The quantitative estimate of drug-likeness (QED) is 0.236. The molecule has 0 fully saturated rings. The molecule has 1 aliphatic rings. The van der Waals surface area contributed by atoms with E-state index in [4.69, 9.17) is 9.05 Å². The third-order valence-electron chi connectivity index (χ3n) is 6.12. The van der Waals surface area contributed by atoms with E-state index in [1.54, 1.807) is 12.1 Å². The average molecular weight is 512 g/mol. The van der Waals surface area contributed by atoms with Crippen LogP contribution in [0.25, 0.3) is 11.1 Å². The summed E-state index contributed by atoms with van der Waals surface area (Å²) in [7, 11) is -3.28. The summed E-state index contributed by atoms with van der Waals surface area (Å²) >= 11 is 0. The van der Waals surface area contributed by atoms with Gasteiger partial charge in [-0.15, -0.1) is 0 Å². The number of hydrogen-bond acceptors (Lipinski definition) is 4. The number of fused-ring (bicyclic) bond motifs is 3. The van der Waals surface area contributed by atoms with Gasteiger partial charge in [0.2, 0.25) is 5.91 Å². The van der Waals surface area contributed by atoms with Crippen molar-refractivity contribution >= 4 is 13.5 Å². The Bertz CT molecular complexity index is 999. The molecule has 1 N–H and O–H groups in total. The van der Waals surface area contributed by atoms with Crippen LogP contribution in [0, 0.1) is 0 Å². The normalized spacial score (nSPS) is 14.4. The minimum absolute atomic E-state index is 0.191. The SMILES string of the molecule is CCCOP(=O)(CCCCC1(C(=O)NCC(F)(F)F)c2ccccc2-c2ccccc21)OCCC. The molecule has 0 radical (unpaired) electrons. The Morgan fingerprint density at radius 3 is 1.91 bits per heavy atom. The number of unbranched alkanes of at least 4 members (excludes halogenated alkanes) is 1. The Labute approximate surface area is 204 Å². The second kappa shape index (κ2) is 11.7. The molecule has 3 rings (SSSR count). The molecule has 5 nitrogen and oxygen atoms in total. The molecule has 0 saturated carbocycles. The van der Waals surface area contributed by atoms with Crippen LogP contribution in [0.3, 0.4) is 0 Å². The molecule has 0 saturated heterocycles.